The summed E-state index contributed by atoms with van der Waals surface area (Å²) in [6.07, 6.45) is -4.94. The molecule has 1 aromatic rings. The van der Waals surface area contributed by atoms with Crippen LogP contribution < -0.4 is 5.32 Å². The number of ether oxygens (including phenoxy) is 1. The predicted octanol–water partition coefficient (Wildman–Crippen LogP) is 4.05. The Morgan fingerprint density at radius 3 is 2.60 bits per heavy atom. The van der Waals surface area contributed by atoms with E-state index in [1.807, 2.05) is 32.0 Å². The smallest absolute Gasteiger partial charge is 0.434 e. The zero-order chi connectivity index (χ0) is 25.9. The van der Waals surface area contributed by atoms with Crippen LogP contribution in [0.15, 0.2) is 45.6 Å². The summed E-state index contributed by atoms with van der Waals surface area (Å²) >= 11 is 1.000. The van der Waals surface area contributed by atoms with E-state index in [4.69, 9.17) is 4.74 Å². The molecule has 2 aliphatic rings. The molecule has 190 valence electrons. The maximum atomic E-state index is 14.1. The Kier molecular flexibility index (Phi) is 8.32. The number of nitrogens with one attached hydrogen (secondary N) is 1. The van der Waals surface area contributed by atoms with Gasteiger partial charge in [0, 0.05) is 18.8 Å². The topological polar surface area (TPSA) is 74.2 Å². The minimum Gasteiger partial charge on any atom is -0.463 e. The molecule has 1 N–H and O–H groups in total. The number of alkyl halides is 3. The number of amidine groups is 1. The normalized spacial score (nSPS) is 17.9. The number of hydrogen-bond donors (Lipinski definition) is 1. The minimum absolute atomic E-state index is 0.0624. The number of carbonyl (C=O) groups excluding carboxylic acids is 2. The van der Waals surface area contributed by atoms with Crippen LogP contribution in [0.5, 0.6) is 0 Å². The number of rotatable bonds is 8. The van der Waals surface area contributed by atoms with Crippen molar-refractivity contribution in [3.05, 3.63) is 57.3 Å². The second-order valence-corrected chi connectivity index (χ2v) is 9.40. The molecule has 2 heterocycles. The van der Waals surface area contributed by atoms with E-state index in [0.29, 0.717) is 29.9 Å². The Morgan fingerprint density at radius 2 is 1.97 bits per heavy atom. The second kappa shape index (κ2) is 10.9. The first-order valence-electron chi connectivity index (χ1n) is 11.1. The van der Waals surface area contributed by atoms with Crippen LogP contribution in [0.3, 0.4) is 0 Å². The lowest BCUT2D eigenvalue weighted by atomic mass is 9.89. The van der Waals surface area contributed by atoms with Gasteiger partial charge in [0.05, 0.1) is 24.6 Å². The van der Waals surface area contributed by atoms with Crippen molar-refractivity contribution in [2.75, 3.05) is 33.8 Å². The van der Waals surface area contributed by atoms with Crippen molar-refractivity contribution in [3.63, 3.8) is 0 Å². The van der Waals surface area contributed by atoms with Crippen molar-refractivity contribution < 1.29 is 27.5 Å². The number of benzene rings is 1. The SMILES string of the molecule is CCOC(=O)C1=C(C(F)(F)F)N=C2SC=C(CC(=O)NCCN(C)C)N2[C@H]1c1cc(C)ccc1C. The molecule has 1 aromatic carbocycles. The molecular weight excluding hydrogens is 481 g/mol. The highest BCUT2D eigenvalue weighted by molar-refractivity contribution is 8.16. The predicted molar refractivity (Wildman–Crippen MR) is 129 cm³/mol. The number of aliphatic imine (C=N–C) groups is 1. The largest absolute Gasteiger partial charge is 0.463 e. The first-order valence-corrected chi connectivity index (χ1v) is 12.0. The van der Waals surface area contributed by atoms with Crippen LogP contribution in [0, 0.1) is 13.8 Å². The molecule has 35 heavy (non-hydrogen) atoms. The third-order valence-corrected chi connectivity index (χ3v) is 6.41. The molecule has 0 spiro atoms. The van der Waals surface area contributed by atoms with Gasteiger partial charge in [-0.05, 0) is 51.4 Å². The van der Waals surface area contributed by atoms with Gasteiger partial charge in [-0.25, -0.2) is 9.79 Å². The lowest BCUT2D eigenvalue weighted by Gasteiger charge is -2.37. The molecule has 0 unspecified atom stereocenters. The van der Waals surface area contributed by atoms with Gasteiger partial charge in [-0.1, -0.05) is 35.5 Å². The molecular formula is C24H29F3N4O3S. The molecule has 0 fully saturated rings. The Labute approximate surface area is 207 Å². The maximum absolute atomic E-state index is 14.1. The number of allylic oxidation sites excluding steroid dienone is 1. The van der Waals surface area contributed by atoms with E-state index in [9.17, 15) is 22.8 Å². The lowest BCUT2D eigenvalue weighted by Crippen LogP contribution is -2.40. The number of likely N-dealkylation sites (N-methyl/N-ethyl adjacent to an activating group) is 1. The molecule has 1 amide bonds. The van der Waals surface area contributed by atoms with Crippen molar-refractivity contribution in [3.8, 4) is 0 Å². The monoisotopic (exact) mass is 510 g/mol. The van der Waals surface area contributed by atoms with E-state index in [-0.39, 0.29) is 24.1 Å². The van der Waals surface area contributed by atoms with Crippen LogP contribution in [0.25, 0.3) is 0 Å². The Hall–Kier alpha value is -2.79. The fourth-order valence-corrected chi connectivity index (χ4v) is 4.80. The van der Waals surface area contributed by atoms with Gasteiger partial charge in [0.2, 0.25) is 5.91 Å². The van der Waals surface area contributed by atoms with Crippen LogP contribution in [0.2, 0.25) is 0 Å². The highest BCUT2D eigenvalue weighted by Gasteiger charge is 2.49. The van der Waals surface area contributed by atoms with E-state index >= 15 is 0 Å². The average Bonchev–Trinajstić information content (AvgIpc) is 3.16. The molecule has 2 aliphatic heterocycles. The Bertz CT molecular complexity index is 1100. The number of hydrogen-bond acceptors (Lipinski definition) is 7. The van der Waals surface area contributed by atoms with Crippen molar-refractivity contribution >= 4 is 28.8 Å². The second-order valence-electron chi connectivity index (χ2n) is 8.56. The summed E-state index contributed by atoms with van der Waals surface area (Å²) in [4.78, 5) is 32.9. The number of halogens is 3. The highest BCUT2D eigenvalue weighted by Crippen LogP contribution is 2.48. The zero-order valence-corrected chi connectivity index (χ0v) is 21.1. The zero-order valence-electron chi connectivity index (χ0n) is 20.3. The summed E-state index contributed by atoms with van der Waals surface area (Å²) in [5, 5.41) is 4.50. The van der Waals surface area contributed by atoms with Gasteiger partial charge in [0.1, 0.15) is 0 Å². The summed E-state index contributed by atoms with van der Waals surface area (Å²) in [7, 11) is 3.77. The van der Waals surface area contributed by atoms with Crippen molar-refractivity contribution in [1.82, 2.24) is 15.1 Å². The molecule has 0 saturated carbocycles. The molecule has 0 aromatic heterocycles. The number of aryl methyl sites for hydroxylation is 2. The summed E-state index contributed by atoms with van der Waals surface area (Å²) in [5.74, 6) is -1.36. The van der Waals surface area contributed by atoms with Gasteiger partial charge in [-0.15, -0.1) is 0 Å². The average molecular weight is 511 g/mol. The van der Waals surface area contributed by atoms with E-state index in [1.165, 1.54) is 6.92 Å². The lowest BCUT2D eigenvalue weighted by molar-refractivity contribution is -0.140. The van der Waals surface area contributed by atoms with E-state index in [1.54, 1.807) is 29.4 Å². The summed E-state index contributed by atoms with van der Waals surface area (Å²) < 4.78 is 47.5. The summed E-state index contributed by atoms with van der Waals surface area (Å²) in [6.45, 7) is 6.12. The van der Waals surface area contributed by atoms with Gasteiger partial charge in [0.15, 0.2) is 10.9 Å². The number of amides is 1. The van der Waals surface area contributed by atoms with E-state index < -0.39 is 29.5 Å². The van der Waals surface area contributed by atoms with E-state index in [2.05, 4.69) is 10.3 Å². The molecule has 0 saturated heterocycles. The van der Waals surface area contributed by atoms with Crippen LogP contribution in [0.1, 0.15) is 36.1 Å². The van der Waals surface area contributed by atoms with Crippen LogP contribution in [0.4, 0.5) is 13.2 Å². The van der Waals surface area contributed by atoms with Crippen LogP contribution in [-0.4, -0.2) is 66.8 Å². The van der Waals surface area contributed by atoms with Gasteiger partial charge in [-0.3, -0.25) is 4.79 Å². The molecule has 1 atom stereocenters. The fourth-order valence-electron chi connectivity index (χ4n) is 3.88. The summed E-state index contributed by atoms with van der Waals surface area (Å²) in [5.41, 5.74) is 0.652. The number of carbonyl (C=O) groups is 2. The molecule has 3 rings (SSSR count). The highest BCUT2D eigenvalue weighted by atomic mass is 32.2. The summed E-state index contributed by atoms with van der Waals surface area (Å²) in [6, 6.07) is 4.26. The Morgan fingerprint density at radius 1 is 1.26 bits per heavy atom. The van der Waals surface area contributed by atoms with Gasteiger partial charge < -0.3 is 19.9 Å². The first-order chi connectivity index (χ1) is 16.4. The van der Waals surface area contributed by atoms with Gasteiger partial charge in [0.25, 0.3) is 0 Å². The standard InChI is InChI=1S/C24H29F3N4O3S/c1-6-34-22(33)19-20(17-11-14(2)7-8-15(17)3)31-16(12-18(32)28-9-10-30(4)5)13-35-23(31)29-21(19)24(25,26)27/h7-8,11,13,20H,6,9-10,12H2,1-5H3,(H,28,32)/t20-/m0/s1. The van der Waals surface area contributed by atoms with Crippen LogP contribution in [-0.2, 0) is 14.3 Å². The first kappa shape index (κ1) is 26.8. The number of fused-ring (bicyclic) bond motifs is 1. The quantitative estimate of drug-likeness (QED) is 0.532. The van der Waals surface area contributed by atoms with Crippen molar-refractivity contribution in [2.24, 2.45) is 4.99 Å². The molecule has 0 bridgehead atoms. The number of thioether (sulfide) groups is 1. The minimum atomic E-state index is -4.87. The van der Waals surface area contributed by atoms with E-state index in [0.717, 1.165) is 17.3 Å². The van der Waals surface area contributed by atoms with Crippen molar-refractivity contribution in [1.29, 1.82) is 0 Å². The third-order valence-electron chi connectivity index (χ3n) is 5.53. The maximum Gasteiger partial charge on any atom is 0.434 e. The molecule has 11 heteroatoms. The van der Waals surface area contributed by atoms with Gasteiger partial charge in [-0.2, -0.15) is 13.2 Å². The molecule has 7 nitrogen and oxygen atoms in total. The fraction of sp³-hybridized carbons (Fsp3) is 0.458. The number of nitrogens with zero attached hydrogens (tertiary/aromatic N) is 3. The van der Waals surface area contributed by atoms with Crippen molar-refractivity contribution in [2.45, 2.75) is 39.4 Å². The molecule has 0 aliphatic carbocycles. The van der Waals surface area contributed by atoms with Crippen LogP contribution >= 0.6 is 11.8 Å². The molecule has 0 radical (unpaired) electrons. The number of esters is 1. The van der Waals surface area contributed by atoms with Gasteiger partial charge >= 0.3 is 12.1 Å². The third kappa shape index (κ3) is 6.07. The Balaban J connectivity index is 2.10.